The Morgan fingerprint density at radius 3 is 2.64 bits per heavy atom. The van der Waals surface area contributed by atoms with E-state index in [0.29, 0.717) is 6.54 Å². The normalized spacial score (nSPS) is 19.6. The minimum Gasteiger partial charge on any atom is -0.277 e. The molecule has 14 heavy (non-hydrogen) atoms. The number of hydrogen-bond donors (Lipinski definition) is 1. The van der Waals surface area contributed by atoms with Crippen molar-refractivity contribution in [2.45, 2.75) is 18.6 Å². The van der Waals surface area contributed by atoms with Gasteiger partial charge in [-0.15, -0.1) is 0 Å². The van der Waals surface area contributed by atoms with Crippen molar-refractivity contribution in [2.24, 2.45) is 0 Å². The van der Waals surface area contributed by atoms with Crippen molar-refractivity contribution in [3.63, 3.8) is 0 Å². The van der Waals surface area contributed by atoms with E-state index in [2.05, 4.69) is 5.32 Å². The molecule has 78 valence electrons. The van der Waals surface area contributed by atoms with E-state index in [1.807, 2.05) is 13.2 Å². The Labute approximate surface area is 86.2 Å². The van der Waals surface area contributed by atoms with Crippen molar-refractivity contribution in [1.29, 1.82) is 0 Å². The zero-order valence-electron chi connectivity index (χ0n) is 8.07. The van der Waals surface area contributed by atoms with E-state index in [9.17, 15) is 14.4 Å². The van der Waals surface area contributed by atoms with Gasteiger partial charge in [-0.05, 0) is 6.26 Å². The van der Waals surface area contributed by atoms with Crippen LogP contribution < -0.4 is 5.32 Å². The van der Waals surface area contributed by atoms with Crippen LogP contribution in [0.3, 0.4) is 0 Å². The summed E-state index contributed by atoms with van der Waals surface area (Å²) in [6, 6.07) is -0.604. The number of nitrogens with one attached hydrogen (secondary N) is 1. The summed E-state index contributed by atoms with van der Waals surface area (Å²) in [5.41, 5.74) is 0. The second-order valence-electron chi connectivity index (χ2n) is 3.08. The van der Waals surface area contributed by atoms with Gasteiger partial charge in [0.2, 0.25) is 11.8 Å². The first-order valence-corrected chi connectivity index (χ1v) is 5.50. The minimum atomic E-state index is -0.604. The van der Waals surface area contributed by atoms with Crippen molar-refractivity contribution in [3.8, 4) is 0 Å². The van der Waals surface area contributed by atoms with E-state index < -0.39 is 17.8 Å². The summed E-state index contributed by atoms with van der Waals surface area (Å²) in [4.78, 5) is 34.4. The van der Waals surface area contributed by atoms with Crippen molar-refractivity contribution < 1.29 is 14.4 Å². The first-order chi connectivity index (χ1) is 6.54. The first-order valence-electron chi connectivity index (χ1n) is 4.21. The molecule has 6 heteroatoms. The van der Waals surface area contributed by atoms with Gasteiger partial charge in [0.05, 0.1) is 0 Å². The van der Waals surface area contributed by atoms with Crippen LogP contribution in [-0.4, -0.2) is 40.8 Å². The van der Waals surface area contributed by atoms with Gasteiger partial charge in [0, 0.05) is 11.8 Å². The zero-order valence-corrected chi connectivity index (χ0v) is 8.89. The molecule has 0 spiro atoms. The summed E-state index contributed by atoms with van der Waals surface area (Å²) in [6.45, 7) is 2.26. The summed E-state index contributed by atoms with van der Waals surface area (Å²) in [6.07, 6.45) is 1.68. The molecule has 0 aromatic rings. The molecule has 5 nitrogen and oxygen atoms in total. The summed E-state index contributed by atoms with van der Waals surface area (Å²) in [5, 5.41) is 2.29. The second-order valence-corrected chi connectivity index (χ2v) is 4.36. The van der Waals surface area contributed by atoms with Crippen LogP contribution in [0.1, 0.15) is 13.3 Å². The van der Waals surface area contributed by atoms with Crippen molar-refractivity contribution in [3.05, 3.63) is 0 Å². The van der Waals surface area contributed by atoms with Gasteiger partial charge in [0.1, 0.15) is 6.42 Å². The highest BCUT2D eigenvalue weighted by molar-refractivity contribution is 7.99. The molecule has 0 saturated carbocycles. The molecule has 0 aromatic heterocycles. The van der Waals surface area contributed by atoms with Gasteiger partial charge < -0.3 is 0 Å². The van der Waals surface area contributed by atoms with Crippen LogP contribution >= 0.6 is 11.8 Å². The fourth-order valence-corrected chi connectivity index (χ4v) is 1.39. The highest BCUT2D eigenvalue weighted by Gasteiger charge is 2.31. The molecule has 0 aliphatic carbocycles. The summed E-state index contributed by atoms with van der Waals surface area (Å²) in [5.74, 6) is -0.937. The Bertz CT molecular complexity index is 260. The minimum absolute atomic E-state index is 0.179. The largest absolute Gasteiger partial charge is 0.330 e. The van der Waals surface area contributed by atoms with Crippen LogP contribution in [0, 0.1) is 0 Å². The second kappa shape index (κ2) is 4.45. The molecular formula is C8H12N2O3S. The third-order valence-electron chi connectivity index (χ3n) is 1.95. The lowest BCUT2D eigenvalue weighted by Crippen LogP contribution is -2.54. The van der Waals surface area contributed by atoms with Gasteiger partial charge in [0.25, 0.3) is 0 Å². The maximum atomic E-state index is 11.3. The average molecular weight is 216 g/mol. The molecule has 1 fully saturated rings. The molecule has 1 N–H and O–H groups in total. The Morgan fingerprint density at radius 2 is 2.14 bits per heavy atom. The van der Waals surface area contributed by atoms with Gasteiger partial charge in [-0.25, -0.2) is 4.79 Å². The van der Waals surface area contributed by atoms with Gasteiger partial charge in [0.15, 0.2) is 0 Å². The third-order valence-corrected chi connectivity index (χ3v) is 2.90. The number of carbonyl (C=O) groups excluding carboxylic acids is 3. The lowest BCUT2D eigenvalue weighted by Gasteiger charge is -2.26. The SMILES string of the molecule is CSC(C)CN1C(=O)CC(=O)NC1=O. The van der Waals surface area contributed by atoms with Crippen LogP contribution in [-0.2, 0) is 9.59 Å². The smallest absolute Gasteiger partial charge is 0.277 e. The quantitative estimate of drug-likeness (QED) is 0.685. The first kappa shape index (κ1) is 11.0. The summed E-state index contributed by atoms with van der Waals surface area (Å²) >= 11 is 1.56. The lowest BCUT2D eigenvalue weighted by atomic mass is 10.3. The van der Waals surface area contributed by atoms with Gasteiger partial charge in [-0.1, -0.05) is 6.92 Å². The van der Waals surface area contributed by atoms with Crippen molar-refractivity contribution in [2.75, 3.05) is 12.8 Å². The average Bonchev–Trinajstić information content (AvgIpc) is 2.10. The number of urea groups is 1. The Morgan fingerprint density at radius 1 is 1.50 bits per heavy atom. The predicted octanol–water partition coefficient (Wildman–Crippen LogP) is 0.206. The number of hydrogen-bond acceptors (Lipinski definition) is 4. The number of thioether (sulfide) groups is 1. The van der Waals surface area contributed by atoms with Crippen LogP contribution in [0.5, 0.6) is 0 Å². The molecule has 1 saturated heterocycles. The molecule has 0 aromatic carbocycles. The van der Waals surface area contributed by atoms with E-state index in [-0.39, 0.29) is 11.7 Å². The van der Waals surface area contributed by atoms with Crippen LogP contribution in [0.25, 0.3) is 0 Å². The maximum absolute atomic E-state index is 11.3. The van der Waals surface area contributed by atoms with E-state index in [1.54, 1.807) is 11.8 Å². The van der Waals surface area contributed by atoms with Crippen molar-refractivity contribution >= 4 is 29.6 Å². The van der Waals surface area contributed by atoms with E-state index in [0.717, 1.165) is 4.90 Å². The van der Waals surface area contributed by atoms with E-state index in [4.69, 9.17) is 0 Å². The fourth-order valence-electron chi connectivity index (χ4n) is 1.09. The highest BCUT2D eigenvalue weighted by Crippen LogP contribution is 2.10. The van der Waals surface area contributed by atoms with Gasteiger partial charge >= 0.3 is 6.03 Å². The zero-order chi connectivity index (χ0) is 10.7. The molecule has 1 unspecified atom stereocenters. The summed E-state index contributed by atoms with van der Waals surface area (Å²) < 4.78 is 0. The molecule has 1 aliphatic heterocycles. The third kappa shape index (κ3) is 2.47. The molecule has 0 radical (unpaired) electrons. The monoisotopic (exact) mass is 216 g/mol. The van der Waals surface area contributed by atoms with Crippen LogP contribution in [0.2, 0.25) is 0 Å². The Hall–Kier alpha value is -1.04. The fraction of sp³-hybridized carbons (Fsp3) is 0.625. The van der Waals surface area contributed by atoms with Gasteiger partial charge in [-0.2, -0.15) is 11.8 Å². The van der Waals surface area contributed by atoms with Crippen molar-refractivity contribution in [1.82, 2.24) is 10.2 Å². The van der Waals surface area contributed by atoms with E-state index in [1.165, 1.54) is 0 Å². The number of nitrogens with zero attached hydrogens (tertiary/aromatic N) is 1. The highest BCUT2D eigenvalue weighted by atomic mass is 32.2. The molecule has 1 rings (SSSR count). The number of imide groups is 2. The maximum Gasteiger partial charge on any atom is 0.330 e. The number of amides is 4. The number of barbiturate groups is 1. The van der Waals surface area contributed by atoms with Gasteiger partial charge in [-0.3, -0.25) is 19.8 Å². The molecule has 0 bridgehead atoms. The predicted molar refractivity (Wildman–Crippen MR) is 52.8 cm³/mol. The molecule has 4 amide bonds. The topological polar surface area (TPSA) is 66.5 Å². The summed E-state index contributed by atoms with van der Waals surface area (Å²) in [7, 11) is 0. The van der Waals surface area contributed by atoms with E-state index >= 15 is 0 Å². The molecule has 1 heterocycles. The molecule has 1 atom stereocenters. The van der Waals surface area contributed by atoms with Crippen LogP contribution in [0.4, 0.5) is 4.79 Å². The molecule has 1 aliphatic rings. The molecular weight excluding hydrogens is 204 g/mol. The standard InChI is InChI=1S/C8H12N2O3S/c1-5(14-2)4-10-7(12)3-6(11)9-8(10)13/h5H,3-4H2,1-2H3,(H,9,11,13). The number of carbonyl (C=O) groups is 3. The van der Waals surface area contributed by atoms with Crippen LogP contribution in [0.15, 0.2) is 0 Å². The Kier molecular flexibility index (Phi) is 3.51. The Balaban J connectivity index is 2.63. The number of rotatable bonds is 3. The lowest BCUT2D eigenvalue weighted by molar-refractivity contribution is -0.136.